The highest BCUT2D eigenvalue weighted by Crippen LogP contribution is 2.23. The number of hydrogen-bond donors (Lipinski definition) is 2. The van der Waals surface area contributed by atoms with Gasteiger partial charge in [0.15, 0.2) is 5.13 Å². The molecule has 1 heterocycles. The van der Waals surface area contributed by atoms with Crippen molar-refractivity contribution in [3.8, 4) is 0 Å². The van der Waals surface area contributed by atoms with Crippen molar-refractivity contribution < 1.29 is 28.7 Å². The van der Waals surface area contributed by atoms with E-state index >= 15 is 0 Å². The molecule has 0 spiro atoms. The number of carbonyl (C=O) groups excluding carboxylic acids is 4. The molecule has 0 aliphatic heterocycles. The predicted molar refractivity (Wildman–Crippen MR) is 111 cm³/mol. The lowest BCUT2D eigenvalue weighted by Gasteiger charge is -2.07. The number of thiazole rings is 1. The van der Waals surface area contributed by atoms with Gasteiger partial charge in [-0.15, -0.1) is 0 Å². The molecule has 2 amide bonds. The van der Waals surface area contributed by atoms with Gasteiger partial charge in [-0.1, -0.05) is 17.4 Å². The Balaban J connectivity index is 1.85. The number of benzene rings is 1. The minimum atomic E-state index is -0.507. The van der Waals surface area contributed by atoms with Crippen molar-refractivity contribution in [3.63, 3.8) is 0 Å². The van der Waals surface area contributed by atoms with Gasteiger partial charge in [-0.05, 0) is 39.0 Å². The number of amides is 2. The molecule has 0 atom stereocenters. The highest BCUT2D eigenvalue weighted by atomic mass is 32.1. The fraction of sp³-hybridized carbons (Fsp3) is 0.350. The molecular weight excluding hydrogens is 410 g/mol. The van der Waals surface area contributed by atoms with Gasteiger partial charge in [0.2, 0.25) is 5.91 Å². The van der Waals surface area contributed by atoms with Crippen LogP contribution in [0.2, 0.25) is 0 Å². The van der Waals surface area contributed by atoms with Crippen LogP contribution in [-0.4, -0.2) is 48.5 Å². The van der Waals surface area contributed by atoms with E-state index in [-0.39, 0.29) is 48.3 Å². The Kier molecular flexibility index (Phi) is 8.48. The topological polar surface area (TPSA) is 124 Å². The second-order valence-corrected chi connectivity index (χ2v) is 7.01. The summed E-state index contributed by atoms with van der Waals surface area (Å²) in [6.45, 7) is 5.64. The predicted octanol–water partition coefficient (Wildman–Crippen LogP) is 2.56. The smallest absolute Gasteiger partial charge is 0.350 e. The van der Waals surface area contributed by atoms with E-state index in [1.165, 1.54) is 6.07 Å². The summed E-state index contributed by atoms with van der Waals surface area (Å²) in [6.07, 6.45) is 0.0106. The zero-order valence-electron chi connectivity index (χ0n) is 16.9. The first kappa shape index (κ1) is 23.0. The third kappa shape index (κ3) is 6.38. The molecule has 0 fully saturated rings. The summed E-state index contributed by atoms with van der Waals surface area (Å²) in [7, 11) is 0. The Bertz CT molecular complexity index is 940. The second kappa shape index (κ2) is 11.1. The zero-order valence-corrected chi connectivity index (χ0v) is 17.8. The number of aryl methyl sites for hydroxylation is 1. The summed E-state index contributed by atoms with van der Waals surface area (Å²) in [5.41, 5.74) is 1.04. The Morgan fingerprint density at radius 2 is 1.70 bits per heavy atom. The number of nitrogens with zero attached hydrogens (tertiary/aromatic N) is 1. The van der Waals surface area contributed by atoms with Gasteiger partial charge in [0.1, 0.15) is 4.88 Å². The Morgan fingerprint density at radius 1 is 1.03 bits per heavy atom. The number of rotatable bonds is 9. The van der Waals surface area contributed by atoms with Gasteiger partial charge in [-0.2, -0.15) is 0 Å². The van der Waals surface area contributed by atoms with Crippen molar-refractivity contribution in [2.75, 3.05) is 25.1 Å². The van der Waals surface area contributed by atoms with Gasteiger partial charge in [-0.3, -0.25) is 9.59 Å². The first-order chi connectivity index (χ1) is 14.3. The van der Waals surface area contributed by atoms with Gasteiger partial charge in [0, 0.05) is 18.5 Å². The Morgan fingerprint density at radius 3 is 2.40 bits per heavy atom. The van der Waals surface area contributed by atoms with Crippen molar-refractivity contribution in [1.29, 1.82) is 0 Å². The molecular formula is C20H23N3O6S. The van der Waals surface area contributed by atoms with Crippen molar-refractivity contribution >= 4 is 40.2 Å². The van der Waals surface area contributed by atoms with Crippen LogP contribution in [0.5, 0.6) is 0 Å². The fourth-order valence-corrected chi connectivity index (χ4v) is 3.29. The summed E-state index contributed by atoms with van der Waals surface area (Å²) in [4.78, 5) is 52.4. The number of anilines is 1. The van der Waals surface area contributed by atoms with E-state index in [9.17, 15) is 19.2 Å². The van der Waals surface area contributed by atoms with E-state index in [0.717, 1.165) is 11.3 Å². The van der Waals surface area contributed by atoms with Crippen LogP contribution in [0.1, 0.15) is 56.3 Å². The average Bonchev–Trinajstić information content (AvgIpc) is 3.08. The van der Waals surface area contributed by atoms with Crippen LogP contribution in [-0.2, 0) is 14.3 Å². The molecule has 0 aliphatic carbocycles. The quantitative estimate of drug-likeness (QED) is 0.583. The standard InChI is InChI=1S/C20H23N3O6S/c1-4-28-18(26)14-8-6-7-13(11-14)17(25)21-10-9-15(24)23-20-22-12(3)16(30-20)19(27)29-5-2/h6-8,11H,4-5,9-10H2,1-3H3,(H,21,25)(H,22,23,24). The highest BCUT2D eigenvalue weighted by Gasteiger charge is 2.17. The molecule has 0 bridgehead atoms. The summed E-state index contributed by atoms with van der Waals surface area (Å²) >= 11 is 1.03. The number of ether oxygens (including phenoxy) is 2. The van der Waals surface area contributed by atoms with E-state index in [1.807, 2.05) is 0 Å². The van der Waals surface area contributed by atoms with Crippen LogP contribution in [0, 0.1) is 6.92 Å². The third-order valence-electron chi connectivity index (χ3n) is 3.78. The van der Waals surface area contributed by atoms with Crippen LogP contribution < -0.4 is 10.6 Å². The maximum atomic E-state index is 12.2. The number of hydrogen-bond acceptors (Lipinski definition) is 8. The average molecular weight is 433 g/mol. The van der Waals surface area contributed by atoms with Crippen molar-refractivity contribution in [2.45, 2.75) is 27.2 Å². The highest BCUT2D eigenvalue weighted by molar-refractivity contribution is 7.17. The lowest BCUT2D eigenvalue weighted by Crippen LogP contribution is -2.27. The molecule has 0 saturated heterocycles. The van der Waals surface area contributed by atoms with Crippen LogP contribution in [0.3, 0.4) is 0 Å². The lowest BCUT2D eigenvalue weighted by molar-refractivity contribution is -0.116. The molecule has 2 aromatic rings. The Labute approximate surface area is 177 Å². The van der Waals surface area contributed by atoms with Gasteiger partial charge >= 0.3 is 11.9 Å². The fourth-order valence-electron chi connectivity index (χ4n) is 2.41. The van der Waals surface area contributed by atoms with E-state index in [0.29, 0.717) is 10.6 Å². The molecule has 2 N–H and O–H groups in total. The SMILES string of the molecule is CCOC(=O)c1cccc(C(=O)NCCC(=O)Nc2nc(C)c(C(=O)OCC)s2)c1. The van der Waals surface area contributed by atoms with Crippen molar-refractivity contribution in [3.05, 3.63) is 46.0 Å². The molecule has 1 aromatic heterocycles. The largest absolute Gasteiger partial charge is 0.462 e. The van der Waals surface area contributed by atoms with Crippen LogP contribution in [0.25, 0.3) is 0 Å². The molecule has 10 heteroatoms. The normalized spacial score (nSPS) is 10.2. The molecule has 0 aliphatic rings. The first-order valence-corrected chi connectivity index (χ1v) is 10.2. The van der Waals surface area contributed by atoms with E-state index in [1.54, 1.807) is 39.0 Å². The first-order valence-electron chi connectivity index (χ1n) is 9.35. The number of carbonyl (C=O) groups is 4. The minimum Gasteiger partial charge on any atom is -0.462 e. The summed E-state index contributed by atoms with van der Waals surface area (Å²) in [5, 5.41) is 5.51. The lowest BCUT2D eigenvalue weighted by atomic mass is 10.1. The van der Waals surface area contributed by atoms with Gasteiger partial charge in [0.05, 0.1) is 24.5 Å². The summed E-state index contributed by atoms with van der Waals surface area (Å²) in [6, 6.07) is 6.14. The number of nitrogens with one attached hydrogen (secondary N) is 2. The third-order valence-corrected chi connectivity index (χ3v) is 4.83. The van der Waals surface area contributed by atoms with Crippen LogP contribution >= 0.6 is 11.3 Å². The van der Waals surface area contributed by atoms with E-state index in [2.05, 4.69) is 15.6 Å². The zero-order chi connectivity index (χ0) is 22.1. The summed E-state index contributed by atoms with van der Waals surface area (Å²) < 4.78 is 9.85. The van der Waals surface area contributed by atoms with E-state index < -0.39 is 17.8 Å². The summed E-state index contributed by atoms with van der Waals surface area (Å²) in [5.74, 6) is -1.76. The maximum Gasteiger partial charge on any atom is 0.350 e. The molecule has 2 rings (SSSR count). The minimum absolute atomic E-state index is 0.0106. The molecule has 1 aromatic carbocycles. The molecule has 160 valence electrons. The van der Waals surface area contributed by atoms with Gasteiger partial charge in [0.25, 0.3) is 5.91 Å². The molecule has 0 unspecified atom stereocenters. The molecule has 30 heavy (non-hydrogen) atoms. The van der Waals surface area contributed by atoms with Crippen LogP contribution in [0.15, 0.2) is 24.3 Å². The molecule has 0 radical (unpaired) electrons. The van der Waals surface area contributed by atoms with Crippen molar-refractivity contribution in [1.82, 2.24) is 10.3 Å². The maximum absolute atomic E-state index is 12.2. The van der Waals surface area contributed by atoms with E-state index in [4.69, 9.17) is 9.47 Å². The van der Waals surface area contributed by atoms with Crippen LogP contribution in [0.4, 0.5) is 5.13 Å². The number of esters is 2. The second-order valence-electron chi connectivity index (χ2n) is 6.01. The van der Waals surface area contributed by atoms with Crippen molar-refractivity contribution in [2.24, 2.45) is 0 Å². The number of aromatic nitrogens is 1. The Hall–Kier alpha value is -3.27. The van der Waals surface area contributed by atoms with Gasteiger partial charge < -0.3 is 20.1 Å². The monoisotopic (exact) mass is 433 g/mol. The molecule has 9 nitrogen and oxygen atoms in total. The molecule has 0 saturated carbocycles. The van der Waals surface area contributed by atoms with Gasteiger partial charge in [-0.25, -0.2) is 14.6 Å².